The molecule has 0 aromatic rings. The summed E-state index contributed by atoms with van der Waals surface area (Å²) in [5.74, 6) is -0.540. The molecule has 0 aliphatic heterocycles. The van der Waals surface area contributed by atoms with E-state index in [1.165, 1.54) is 18.7 Å². The lowest BCUT2D eigenvalue weighted by atomic mass is 9.70. The van der Waals surface area contributed by atoms with Crippen molar-refractivity contribution in [3.05, 3.63) is 0 Å². The number of aliphatic hydroxyl groups excluding tert-OH is 1. The summed E-state index contributed by atoms with van der Waals surface area (Å²) < 4.78 is 10.1. The molecule has 178 valence electrons. The van der Waals surface area contributed by atoms with Gasteiger partial charge >= 0.3 is 11.9 Å². The summed E-state index contributed by atoms with van der Waals surface area (Å²) in [6, 6.07) is 0. The van der Waals surface area contributed by atoms with Gasteiger partial charge in [0.25, 0.3) is 0 Å². The van der Waals surface area contributed by atoms with Crippen molar-refractivity contribution in [1.29, 1.82) is 0 Å². The predicted molar refractivity (Wildman–Crippen MR) is 118 cm³/mol. The lowest BCUT2D eigenvalue weighted by molar-refractivity contribution is -0.161. The SMILES string of the molecule is C.CCC(C)(CC(C)(C)C(=O)OCC(O)COC(=O)CSCC(C)C=O)C(C)=O.O. The maximum absolute atomic E-state index is 12.4. The van der Waals surface area contributed by atoms with Crippen LogP contribution in [0.2, 0.25) is 0 Å². The van der Waals surface area contributed by atoms with E-state index in [0.717, 1.165) is 6.29 Å². The van der Waals surface area contributed by atoms with Crippen LogP contribution in [0.15, 0.2) is 0 Å². The number of hydrogen-bond donors (Lipinski definition) is 1. The number of aldehydes is 1. The van der Waals surface area contributed by atoms with E-state index in [0.29, 0.717) is 18.6 Å². The summed E-state index contributed by atoms with van der Waals surface area (Å²) >= 11 is 1.28. The second kappa shape index (κ2) is 15.4. The Kier molecular flexibility index (Phi) is 17.0. The van der Waals surface area contributed by atoms with Crippen LogP contribution in [0.5, 0.6) is 0 Å². The number of carbonyl (C=O) groups is 4. The number of carbonyl (C=O) groups excluding carboxylic acids is 4. The third-order valence-corrected chi connectivity index (χ3v) is 5.89. The van der Waals surface area contributed by atoms with Crippen molar-refractivity contribution in [2.45, 2.75) is 67.9 Å². The summed E-state index contributed by atoms with van der Waals surface area (Å²) in [7, 11) is 0. The minimum Gasteiger partial charge on any atom is -0.462 e. The van der Waals surface area contributed by atoms with Crippen molar-refractivity contribution < 1.29 is 39.2 Å². The van der Waals surface area contributed by atoms with Crippen LogP contribution in [0, 0.1) is 16.7 Å². The van der Waals surface area contributed by atoms with Gasteiger partial charge in [0.1, 0.15) is 31.4 Å². The number of aliphatic hydroxyl groups is 1. The zero-order valence-electron chi connectivity index (χ0n) is 18.3. The van der Waals surface area contributed by atoms with E-state index in [2.05, 4.69) is 0 Å². The van der Waals surface area contributed by atoms with Crippen molar-refractivity contribution >= 4 is 35.8 Å². The predicted octanol–water partition coefficient (Wildman–Crippen LogP) is 2.23. The van der Waals surface area contributed by atoms with Gasteiger partial charge in [-0.05, 0) is 33.6 Å². The van der Waals surface area contributed by atoms with E-state index in [4.69, 9.17) is 9.47 Å². The van der Waals surface area contributed by atoms with Crippen LogP contribution in [-0.2, 0) is 28.7 Å². The first-order valence-corrected chi connectivity index (χ1v) is 10.6. The first-order valence-electron chi connectivity index (χ1n) is 9.43. The fraction of sp³-hybridized carbons (Fsp3) is 0.810. The number of hydrogen-bond acceptors (Lipinski definition) is 8. The van der Waals surface area contributed by atoms with Gasteiger partial charge in [-0.15, -0.1) is 11.8 Å². The van der Waals surface area contributed by atoms with Crippen molar-refractivity contribution in [2.75, 3.05) is 24.7 Å². The van der Waals surface area contributed by atoms with Crippen LogP contribution in [-0.4, -0.2) is 65.4 Å². The van der Waals surface area contributed by atoms with E-state index < -0.39 is 28.9 Å². The highest BCUT2D eigenvalue weighted by atomic mass is 32.2. The molecule has 0 aliphatic carbocycles. The van der Waals surface area contributed by atoms with Crippen LogP contribution in [0.1, 0.15) is 61.8 Å². The Hall–Kier alpha value is -1.45. The Morgan fingerprint density at radius 1 is 1.13 bits per heavy atom. The molecule has 0 rings (SSSR count). The zero-order chi connectivity index (χ0) is 22.0. The number of thioether (sulfide) groups is 1. The molecule has 0 saturated heterocycles. The molecule has 3 unspecified atom stereocenters. The largest absolute Gasteiger partial charge is 0.462 e. The fourth-order valence-corrected chi connectivity index (χ4v) is 3.38. The summed E-state index contributed by atoms with van der Waals surface area (Å²) in [5, 5.41) is 9.87. The van der Waals surface area contributed by atoms with Gasteiger partial charge in [0, 0.05) is 17.1 Å². The molecule has 0 saturated carbocycles. The van der Waals surface area contributed by atoms with E-state index in [-0.39, 0.29) is 43.6 Å². The summed E-state index contributed by atoms with van der Waals surface area (Å²) in [6.45, 7) is 9.83. The van der Waals surface area contributed by atoms with Gasteiger partial charge in [-0.2, -0.15) is 0 Å². The van der Waals surface area contributed by atoms with Gasteiger partial charge in [-0.3, -0.25) is 14.4 Å². The number of rotatable bonds is 14. The normalized spacial score (nSPS) is 14.8. The van der Waals surface area contributed by atoms with Gasteiger partial charge in [-0.25, -0.2) is 0 Å². The van der Waals surface area contributed by atoms with E-state index >= 15 is 0 Å². The fourth-order valence-electron chi connectivity index (χ4n) is 2.56. The minimum atomic E-state index is -1.13. The molecule has 9 heteroatoms. The molecule has 0 aliphatic rings. The number of ether oxygens (including phenoxy) is 2. The van der Waals surface area contributed by atoms with Crippen molar-refractivity contribution in [1.82, 2.24) is 0 Å². The summed E-state index contributed by atoms with van der Waals surface area (Å²) in [5.41, 5.74) is -1.51. The molecular formula is C21H40O8S. The Bertz CT molecular complexity index is 549. The second-order valence-corrected chi connectivity index (χ2v) is 9.13. The van der Waals surface area contributed by atoms with Gasteiger partial charge in [-0.1, -0.05) is 28.2 Å². The topological polar surface area (TPSA) is 138 Å². The molecule has 0 aromatic heterocycles. The average molecular weight is 453 g/mol. The quantitative estimate of drug-likeness (QED) is 0.313. The van der Waals surface area contributed by atoms with Crippen molar-refractivity contribution in [3.63, 3.8) is 0 Å². The molecule has 0 aromatic carbocycles. The molecule has 0 spiro atoms. The lowest BCUT2D eigenvalue weighted by Crippen LogP contribution is -2.38. The monoisotopic (exact) mass is 452 g/mol. The van der Waals surface area contributed by atoms with Crippen LogP contribution >= 0.6 is 11.8 Å². The molecule has 0 heterocycles. The van der Waals surface area contributed by atoms with Crippen LogP contribution in [0.4, 0.5) is 0 Å². The molecule has 0 fully saturated rings. The summed E-state index contributed by atoms with van der Waals surface area (Å²) in [4.78, 5) is 46.3. The van der Waals surface area contributed by atoms with Gasteiger partial charge in [0.2, 0.25) is 0 Å². The highest BCUT2D eigenvalue weighted by Crippen LogP contribution is 2.38. The van der Waals surface area contributed by atoms with Crippen molar-refractivity contribution in [3.8, 4) is 0 Å². The third kappa shape index (κ3) is 12.3. The Morgan fingerprint density at radius 2 is 1.67 bits per heavy atom. The minimum absolute atomic E-state index is 0. The first-order chi connectivity index (χ1) is 12.9. The van der Waals surface area contributed by atoms with E-state index in [1.54, 1.807) is 20.8 Å². The first kappa shape index (κ1) is 33.2. The lowest BCUT2D eigenvalue weighted by Gasteiger charge is -2.33. The van der Waals surface area contributed by atoms with Gasteiger partial charge < -0.3 is 24.9 Å². The molecule has 3 atom stereocenters. The Balaban J connectivity index is -0.00000364. The highest BCUT2D eigenvalue weighted by molar-refractivity contribution is 7.99. The van der Waals surface area contributed by atoms with Gasteiger partial charge in [0.05, 0.1) is 11.2 Å². The molecule has 0 bridgehead atoms. The highest BCUT2D eigenvalue weighted by Gasteiger charge is 2.40. The second-order valence-electron chi connectivity index (χ2n) is 8.09. The maximum atomic E-state index is 12.4. The Labute approximate surface area is 184 Å². The van der Waals surface area contributed by atoms with Crippen LogP contribution < -0.4 is 0 Å². The summed E-state index contributed by atoms with van der Waals surface area (Å²) in [6.07, 6.45) is 0.637. The third-order valence-electron chi connectivity index (χ3n) is 4.69. The van der Waals surface area contributed by atoms with Gasteiger partial charge in [0.15, 0.2) is 0 Å². The smallest absolute Gasteiger partial charge is 0.315 e. The molecule has 0 amide bonds. The number of esters is 2. The molecule has 0 radical (unpaired) electrons. The van der Waals surface area contributed by atoms with Crippen LogP contribution in [0.25, 0.3) is 0 Å². The molecule has 8 nitrogen and oxygen atoms in total. The zero-order valence-corrected chi connectivity index (χ0v) is 19.1. The number of ketones is 1. The molecule has 30 heavy (non-hydrogen) atoms. The van der Waals surface area contributed by atoms with E-state index in [1.807, 2.05) is 13.8 Å². The average Bonchev–Trinajstić information content (AvgIpc) is 2.63. The standard InChI is InChI=1S/C20H34O7S.CH4.H2O/c1-7-20(6,15(3)22)13-19(4,5)18(25)27-10-16(23)9-26-17(24)12-28-11-14(2)8-21;;/h8,14,16,23H,7,9-13H2,1-6H3;1H4;1H2. The van der Waals surface area contributed by atoms with Crippen LogP contribution in [0.3, 0.4) is 0 Å². The number of Topliss-reactive ketones (excluding diaryl/α,β-unsaturated/α-hetero) is 1. The maximum Gasteiger partial charge on any atom is 0.315 e. The molecule has 3 N–H and O–H groups in total. The molecular weight excluding hydrogens is 412 g/mol. The van der Waals surface area contributed by atoms with Crippen molar-refractivity contribution in [2.24, 2.45) is 16.7 Å². The van der Waals surface area contributed by atoms with E-state index in [9.17, 15) is 24.3 Å². The Morgan fingerprint density at radius 3 is 2.13 bits per heavy atom.